The summed E-state index contributed by atoms with van der Waals surface area (Å²) in [6.45, 7) is 10.5. The summed E-state index contributed by atoms with van der Waals surface area (Å²) in [5, 5.41) is 35.8. The molecular formula is C30H49NO15S. The first-order valence-electron chi connectivity index (χ1n) is 15.2. The number of aliphatic hydroxyl groups is 1. The molecular weight excluding hydrogens is 646 g/mol. The van der Waals surface area contributed by atoms with Gasteiger partial charge < -0.3 is 39.4 Å². The molecule has 17 heteroatoms. The van der Waals surface area contributed by atoms with E-state index in [9.17, 15) is 38.7 Å². The first-order chi connectivity index (χ1) is 21.7. The van der Waals surface area contributed by atoms with E-state index in [1.54, 1.807) is 34.6 Å². The molecule has 3 atom stereocenters. The average Bonchev–Trinajstić information content (AvgIpc) is 3.47. The Hall–Kier alpha value is -3.44. The molecule has 0 aromatic carbocycles. The van der Waals surface area contributed by atoms with Crippen LogP contribution in [0.3, 0.4) is 0 Å². The lowest BCUT2D eigenvalue weighted by molar-refractivity contribution is -0.171. The minimum absolute atomic E-state index is 0.0585. The van der Waals surface area contributed by atoms with Crippen molar-refractivity contribution in [1.82, 2.24) is 4.31 Å². The van der Waals surface area contributed by atoms with Crippen LogP contribution in [0.4, 0.5) is 0 Å². The van der Waals surface area contributed by atoms with Gasteiger partial charge in [0.1, 0.15) is 25.9 Å². The van der Waals surface area contributed by atoms with E-state index in [2.05, 4.69) is 0 Å². The lowest BCUT2D eigenvalue weighted by Crippen LogP contribution is -2.34. The third kappa shape index (κ3) is 19.1. The third-order valence-corrected chi connectivity index (χ3v) is 8.36. The van der Waals surface area contributed by atoms with Crippen LogP contribution < -0.4 is 0 Å². The summed E-state index contributed by atoms with van der Waals surface area (Å²) in [5.41, 5.74) is -1.30. The van der Waals surface area contributed by atoms with Gasteiger partial charge in [0, 0.05) is 18.8 Å². The van der Waals surface area contributed by atoms with Gasteiger partial charge in [0.2, 0.25) is 0 Å². The Morgan fingerprint density at radius 2 is 1.21 bits per heavy atom. The quantitative estimate of drug-likeness (QED) is 0.0810. The van der Waals surface area contributed by atoms with Gasteiger partial charge in [-0.05, 0) is 40.5 Å². The Labute approximate surface area is 278 Å². The Morgan fingerprint density at radius 3 is 1.66 bits per heavy atom. The lowest BCUT2D eigenvalue weighted by atomic mass is 9.91. The summed E-state index contributed by atoms with van der Waals surface area (Å²) >= 11 is 1.40. The molecule has 270 valence electrons. The fraction of sp³-hybridized carbons (Fsp3) is 0.767. The number of carboxylic acids is 3. The van der Waals surface area contributed by atoms with Gasteiger partial charge in [-0.2, -0.15) is 0 Å². The van der Waals surface area contributed by atoms with E-state index < -0.39 is 90.6 Å². The highest BCUT2D eigenvalue weighted by Crippen LogP contribution is 2.26. The molecule has 0 amide bonds. The maximum absolute atomic E-state index is 12.0. The number of hydrogen-bond donors (Lipinski definition) is 4. The number of esters is 4. The van der Waals surface area contributed by atoms with E-state index >= 15 is 0 Å². The van der Waals surface area contributed by atoms with Crippen LogP contribution in [-0.2, 0) is 52.5 Å². The zero-order valence-electron chi connectivity index (χ0n) is 27.9. The van der Waals surface area contributed by atoms with Crippen LogP contribution in [0, 0.1) is 16.7 Å². The highest BCUT2D eigenvalue weighted by atomic mass is 32.2. The molecule has 0 aliphatic carbocycles. The molecule has 0 spiro atoms. The summed E-state index contributed by atoms with van der Waals surface area (Å²) in [5.74, 6) is -5.56. The maximum Gasteiger partial charge on any atom is 0.311 e. The summed E-state index contributed by atoms with van der Waals surface area (Å²) < 4.78 is 21.8. The standard InChI is InChI=1S/C17H26O10.C13H23NO5S/c1-4-17(2,3)16(24)26-10-11(27-15(23)8-6-13(20)21)9-25-14(22)7-5-12(18)19;1-4-13(2,3)12(18)19-7-10(15)6-14-5-9(8-20-14)11(16)17/h11H,4-10H2,1-3H3,(H,18,19)(H,20,21);9-10,15H,4-8H2,1-3H3,(H,16,17). The fourth-order valence-corrected chi connectivity index (χ4v) is 4.37. The summed E-state index contributed by atoms with van der Waals surface area (Å²) in [6.07, 6.45) is -2.36. The molecule has 0 radical (unpaired) electrons. The molecule has 1 fully saturated rings. The number of β-amino-alcohol motifs (C(OH)–C–C–N with tert-alkyl or cyclic N) is 1. The van der Waals surface area contributed by atoms with Crippen molar-refractivity contribution in [2.75, 3.05) is 38.7 Å². The van der Waals surface area contributed by atoms with Crippen LogP contribution in [0.5, 0.6) is 0 Å². The van der Waals surface area contributed by atoms with Gasteiger partial charge in [-0.1, -0.05) is 25.8 Å². The van der Waals surface area contributed by atoms with Crippen LogP contribution in [0.1, 0.15) is 80.1 Å². The molecule has 0 aromatic heterocycles. The van der Waals surface area contributed by atoms with Crippen LogP contribution in [-0.4, -0.2) is 117 Å². The Balaban J connectivity index is 0.000000939. The van der Waals surface area contributed by atoms with Gasteiger partial charge in [-0.3, -0.25) is 33.6 Å². The zero-order chi connectivity index (χ0) is 36.4. The van der Waals surface area contributed by atoms with Crippen molar-refractivity contribution in [3.63, 3.8) is 0 Å². The minimum Gasteiger partial charge on any atom is -0.481 e. The molecule has 16 nitrogen and oxygen atoms in total. The van der Waals surface area contributed by atoms with Crippen LogP contribution >= 0.6 is 11.9 Å². The fourth-order valence-electron chi connectivity index (χ4n) is 3.17. The average molecular weight is 696 g/mol. The Kier molecular flexibility index (Phi) is 19.9. The van der Waals surface area contributed by atoms with Crippen molar-refractivity contribution in [2.45, 2.75) is 92.3 Å². The molecule has 1 aliphatic heterocycles. The van der Waals surface area contributed by atoms with E-state index in [0.717, 1.165) is 0 Å². The van der Waals surface area contributed by atoms with Crippen molar-refractivity contribution in [3.05, 3.63) is 0 Å². The number of ether oxygens (including phenoxy) is 4. The van der Waals surface area contributed by atoms with Gasteiger partial charge >= 0.3 is 41.8 Å². The summed E-state index contributed by atoms with van der Waals surface area (Å²) in [6, 6.07) is 0. The second kappa shape index (κ2) is 21.4. The number of aliphatic hydroxyl groups excluding tert-OH is 1. The van der Waals surface area contributed by atoms with E-state index in [1.165, 1.54) is 11.9 Å². The van der Waals surface area contributed by atoms with E-state index in [4.69, 9.17) is 34.3 Å². The largest absolute Gasteiger partial charge is 0.481 e. The minimum atomic E-state index is -1.18. The van der Waals surface area contributed by atoms with Crippen molar-refractivity contribution in [2.24, 2.45) is 16.7 Å². The highest BCUT2D eigenvalue weighted by molar-refractivity contribution is 7.97. The molecule has 3 unspecified atom stereocenters. The number of carbonyl (C=O) groups is 7. The van der Waals surface area contributed by atoms with E-state index in [1.807, 2.05) is 11.2 Å². The molecule has 0 bridgehead atoms. The van der Waals surface area contributed by atoms with Crippen molar-refractivity contribution in [1.29, 1.82) is 0 Å². The first-order valence-corrected chi connectivity index (χ1v) is 16.1. The number of carboxylic acid groups (broad SMARTS) is 3. The highest BCUT2D eigenvalue weighted by Gasteiger charge is 2.32. The predicted octanol–water partition coefficient (Wildman–Crippen LogP) is 2.14. The molecule has 1 saturated heterocycles. The second-order valence-corrected chi connectivity index (χ2v) is 13.2. The Bertz CT molecular complexity index is 1080. The normalized spacial score (nSPS) is 16.1. The number of carbonyl (C=O) groups excluding carboxylic acids is 4. The topological polar surface area (TPSA) is 241 Å². The van der Waals surface area contributed by atoms with E-state index in [0.29, 0.717) is 31.7 Å². The zero-order valence-corrected chi connectivity index (χ0v) is 28.7. The maximum atomic E-state index is 12.0. The number of rotatable bonds is 20. The lowest BCUT2D eigenvalue weighted by Gasteiger charge is -2.23. The molecule has 1 rings (SSSR count). The van der Waals surface area contributed by atoms with Gasteiger partial charge in [-0.15, -0.1) is 0 Å². The van der Waals surface area contributed by atoms with Gasteiger partial charge in [-0.25, -0.2) is 4.31 Å². The predicted molar refractivity (Wildman–Crippen MR) is 166 cm³/mol. The second-order valence-electron chi connectivity index (χ2n) is 12.1. The Morgan fingerprint density at radius 1 is 0.745 bits per heavy atom. The number of hydrogen-bond acceptors (Lipinski definition) is 14. The van der Waals surface area contributed by atoms with Gasteiger partial charge in [0.15, 0.2) is 6.10 Å². The van der Waals surface area contributed by atoms with Crippen LogP contribution in [0.2, 0.25) is 0 Å². The van der Waals surface area contributed by atoms with Crippen LogP contribution in [0.25, 0.3) is 0 Å². The number of aliphatic carboxylic acids is 3. The summed E-state index contributed by atoms with van der Waals surface area (Å²) in [4.78, 5) is 78.7. The first kappa shape index (κ1) is 43.6. The molecule has 0 aromatic rings. The third-order valence-electron chi connectivity index (χ3n) is 7.14. The van der Waals surface area contributed by atoms with E-state index in [-0.39, 0.29) is 25.6 Å². The molecule has 4 N–H and O–H groups in total. The number of nitrogens with zero attached hydrogens (tertiary/aromatic N) is 1. The van der Waals surface area contributed by atoms with Crippen molar-refractivity contribution < 1.29 is 72.9 Å². The molecule has 1 aliphatic rings. The van der Waals surface area contributed by atoms with Crippen molar-refractivity contribution >= 4 is 53.7 Å². The molecule has 47 heavy (non-hydrogen) atoms. The monoisotopic (exact) mass is 695 g/mol. The van der Waals surface area contributed by atoms with Crippen molar-refractivity contribution in [3.8, 4) is 0 Å². The van der Waals surface area contributed by atoms with Crippen LogP contribution in [0.15, 0.2) is 0 Å². The summed E-state index contributed by atoms with van der Waals surface area (Å²) in [7, 11) is 0. The smallest absolute Gasteiger partial charge is 0.311 e. The molecule has 1 heterocycles. The SMILES string of the molecule is CCC(C)(C)C(=O)OCC(COC(=O)CCC(=O)O)OC(=O)CCC(=O)O.CCC(C)(C)C(=O)OCC(O)CN1CC(C(=O)O)CS1. The molecule has 0 saturated carbocycles. The van der Waals surface area contributed by atoms with Gasteiger partial charge in [0.05, 0.1) is 42.4 Å². The van der Waals surface area contributed by atoms with Gasteiger partial charge in [0.25, 0.3) is 0 Å².